The zero-order valence-electron chi connectivity index (χ0n) is 12.0. The first-order chi connectivity index (χ1) is 11.0. The van der Waals surface area contributed by atoms with Gasteiger partial charge in [-0.2, -0.15) is 0 Å². The Hall–Kier alpha value is -2.60. The van der Waals surface area contributed by atoms with E-state index in [4.69, 9.17) is 11.6 Å². The van der Waals surface area contributed by atoms with E-state index in [1.165, 1.54) is 6.07 Å². The number of benzene rings is 1. The van der Waals surface area contributed by atoms with Crippen molar-refractivity contribution in [3.05, 3.63) is 65.1 Å². The standard InChI is InChI=1S/C16H11ClF2N4/c1-9-5-11(18)12(19)6-13(9)21-15-7-14(17)22-16(23-15)10-3-2-4-20-8-10/h2-8H,1H3,(H,21,22,23). The Morgan fingerprint density at radius 1 is 1.09 bits per heavy atom. The van der Waals surface area contributed by atoms with Gasteiger partial charge in [0.25, 0.3) is 0 Å². The van der Waals surface area contributed by atoms with Crippen molar-refractivity contribution in [2.24, 2.45) is 0 Å². The maximum atomic E-state index is 13.4. The Bertz CT molecular complexity index is 856. The summed E-state index contributed by atoms with van der Waals surface area (Å²) in [7, 11) is 0. The van der Waals surface area contributed by atoms with Gasteiger partial charge in [0.2, 0.25) is 0 Å². The van der Waals surface area contributed by atoms with Crippen LogP contribution in [-0.4, -0.2) is 15.0 Å². The SMILES string of the molecule is Cc1cc(F)c(F)cc1Nc1cc(Cl)nc(-c2cccnc2)n1. The number of hydrogen-bond donors (Lipinski definition) is 1. The fourth-order valence-electron chi connectivity index (χ4n) is 2.02. The van der Waals surface area contributed by atoms with Crippen molar-refractivity contribution in [3.8, 4) is 11.4 Å². The molecule has 0 atom stereocenters. The number of aryl methyl sites for hydroxylation is 1. The van der Waals surface area contributed by atoms with Gasteiger partial charge in [-0.15, -0.1) is 0 Å². The van der Waals surface area contributed by atoms with Gasteiger partial charge in [-0.25, -0.2) is 18.7 Å². The van der Waals surface area contributed by atoms with E-state index < -0.39 is 11.6 Å². The van der Waals surface area contributed by atoms with E-state index in [-0.39, 0.29) is 5.15 Å². The van der Waals surface area contributed by atoms with Crippen LogP contribution in [0.2, 0.25) is 5.15 Å². The first-order valence-electron chi connectivity index (χ1n) is 6.70. The normalized spacial score (nSPS) is 10.6. The highest BCUT2D eigenvalue weighted by Crippen LogP contribution is 2.25. The smallest absolute Gasteiger partial charge is 0.164 e. The van der Waals surface area contributed by atoms with Crippen LogP contribution in [0.25, 0.3) is 11.4 Å². The lowest BCUT2D eigenvalue weighted by Gasteiger charge is -2.11. The summed E-state index contributed by atoms with van der Waals surface area (Å²) >= 11 is 6.02. The first-order valence-corrected chi connectivity index (χ1v) is 7.08. The fraction of sp³-hybridized carbons (Fsp3) is 0.0625. The van der Waals surface area contributed by atoms with E-state index in [2.05, 4.69) is 20.3 Å². The number of rotatable bonds is 3. The number of anilines is 2. The largest absolute Gasteiger partial charge is 0.340 e. The Morgan fingerprint density at radius 3 is 2.61 bits per heavy atom. The molecule has 0 aliphatic carbocycles. The van der Waals surface area contributed by atoms with Crippen molar-refractivity contribution < 1.29 is 8.78 Å². The molecule has 3 aromatic rings. The van der Waals surface area contributed by atoms with Gasteiger partial charge in [-0.1, -0.05) is 11.6 Å². The number of pyridine rings is 1. The van der Waals surface area contributed by atoms with Crippen LogP contribution in [0.4, 0.5) is 20.3 Å². The zero-order chi connectivity index (χ0) is 16.4. The van der Waals surface area contributed by atoms with E-state index in [1.807, 2.05) is 0 Å². The molecule has 1 N–H and O–H groups in total. The van der Waals surface area contributed by atoms with Crippen molar-refractivity contribution in [1.82, 2.24) is 15.0 Å². The number of aromatic nitrogens is 3. The summed E-state index contributed by atoms with van der Waals surface area (Å²) in [6.45, 7) is 1.66. The highest BCUT2D eigenvalue weighted by atomic mass is 35.5. The quantitative estimate of drug-likeness (QED) is 0.716. The van der Waals surface area contributed by atoms with Gasteiger partial charge < -0.3 is 5.32 Å². The Morgan fingerprint density at radius 2 is 1.87 bits per heavy atom. The molecule has 0 bridgehead atoms. The van der Waals surface area contributed by atoms with Gasteiger partial charge in [0, 0.05) is 35.8 Å². The molecule has 7 heteroatoms. The van der Waals surface area contributed by atoms with Crippen LogP contribution in [0.5, 0.6) is 0 Å². The van der Waals surface area contributed by atoms with Gasteiger partial charge in [0.1, 0.15) is 11.0 Å². The predicted molar refractivity (Wildman–Crippen MR) is 84.7 cm³/mol. The zero-order valence-corrected chi connectivity index (χ0v) is 12.8. The minimum Gasteiger partial charge on any atom is -0.340 e. The number of hydrogen-bond acceptors (Lipinski definition) is 4. The molecule has 0 amide bonds. The molecule has 116 valence electrons. The molecule has 23 heavy (non-hydrogen) atoms. The van der Waals surface area contributed by atoms with Gasteiger partial charge in [-0.05, 0) is 30.7 Å². The summed E-state index contributed by atoms with van der Waals surface area (Å²) in [4.78, 5) is 12.5. The van der Waals surface area contributed by atoms with Gasteiger partial charge in [0.05, 0.1) is 0 Å². The molecular weight excluding hydrogens is 322 g/mol. The van der Waals surface area contributed by atoms with Crippen LogP contribution in [0.3, 0.4) is 0 Å². The van der Waals surface area contributed by atoms with Crippen molar-refractivity contribution in [1.29, 1.82) is 0 Å². The molecule has 0 fully saturated rings. The highest BCUT2D eigenvalue weighted by molar-refractivity contribution is 6.29. The van der Waals surface area contributed by atoms with Crippen LogP contribution in [0.1, 0.15) is 5.56 Å². The lowest BCUT2D eigenvalue weighted by atomic mass is 10.2. The molecule has 0 spiro atoms. The van der Waals surface area contributed by atoms with Crippen LogP contribution < -0.4 is 5.32 Å². The Balaban J connectivity index is 1.98. The fourth-order valence-corrected chi connectivity index (χ4v) is 2.21. The molecular formula is C16H11ClF2N4. The summed E-state index contributed by atoms with van der Waals surface area (Å²) in [5, 5.41) is 3.15. The number of halogens is 3. The monoisotopic (exact) mass is 332 g/mol. The van der Waals surface area contributed by atoms with E-state index in [1.54, 1.807) is 31.5 Å². The summed E-state index contributed by atoms with van der Waals surface area (Å²) in [5.74, 6) is -1.08. The Labute approximate surface area is 136 Å². The molecule has 2 aromatic heterocycles. The molecule has 0 radical (unpaired) electrons. The predicted octanol–water partition coefficient (Wildman–Crippen LogP) is 4.52. The second kappa shape index (κ2) is 6.26. The molecule has 0 saturated heterocycles. The summed E-state index contributed by atoms with van der Waals surface area (Å²) in [6.07, 6.45) is 3.25. The summed E-state index contributed by atoms with van der Waals surface area (Å²) in [5.41, 5.74) is 1.64. The topological polar surface area (TPSA) is 50.7 Å². The van der Waals surface area contributed by atoms with Gasteiger partial charge >= 0.3 is 0 Å². The van der Waals surface area contributed by atoms with Crippen LogP contribution in [-0.2, 0) is 0 Å². The average molecular weight is 333 g/mol. The second-order valence-corrected chi connectivity index (χ2v) is 5.23. The van der Waals surface area contributed by atoms with E-state index >= 15 is 0 Å². The minimum absolute atomic E-state index is 0.224. The molecule has 2 heterocycles. The maximum Gasteiger partial charge on any atom is 0.164 e. The van der Waals surface area contributed by atoms with E-state index in [0.29, 0.717) is 28.5 Å². The third-order valence-corrected chi connectivity index (χ3v) is 3.34. The van der Waals surface area contributed by atoms with Crippen molar-refractivity contribution in [2.45, 2.75) is 6.92 Å². The number of nitrogens with zero attached hydrogens (tertiary/aromatic N) is 3. The summed E-state index contributed by atoms with van der Waals surface area (Å²) in [6, 6.07) is 7.24. The van der Waals surface area contributed by atoms with Crippen LogP contribution in [0.15, 0.2) is 42.7 Å². The van der Waals surface area contributed by atoms with Crippen molar-refractivity contribution in [2.75, 3.05) is 5.32 Å². The molecule has 0 aliphatic heterocycles. The first kappa shape index (κ1) is 15.3. The summed E-state index contributed by atoms with van der Waals surface area (Å²) < 4.78 is 26.6. The van der Waals surface area contributed by atoms with Crippen molar-refractivity contribution >= 4 is 23.1 Å². The van der Waals surface area contributed by atoms with Gasteiger partial charge in [0.15, 0.2) is 17.5 Å². The van der Waals surface area contributed by atoms with E-state index in [9.17, 15) is 8.78 Å². The lowest BCUT2D eigenvalue weighted by Crippen LogP contribution is -2.00. The molecule has 4 nitrogen and oxygen atoms in total. The van der Waals surface area contributed by atoms with E-state index in [0.717, 1.165) is 12.1 Å². The molecule has 0 saturated carbocycles. The minimum atomic E-state index is -0.939. The average Bonchev–Trinajstić information content (AvgIpc) is 2.53. The molecule has 1 aromatic carbocycles. The van der Waals surface area contributed by atoms with Crippen LogP contribution in [0, 0.1) is 18.6 Å². The molecule has 0 aliphatic rings. The third-order valence-electron chi connectivity index (χ3n) is 3.14. The van der Waals surface area contributed by atoms with Gasteiger partial charge in [-0.3, -0.25) is 4.98 Å². The second-order valence-electron chi connectivity index (χ2n) is 4.85. The highest BCUT2D eigenvalue weighted by Gasteiger charge is 2.10. The van der Waals surface area contributed by atoms with Crippen LogP contribution >= 0.6 is 11.6 Å². The molecule has 3 rings (SSSR count). The van der Waals surface area contributed by atoms with Crippen molar-refractivity contribution in [3.63, 3.8) is 0 Å². The maximum absolute atomic E-state index is 13.4. The number of nitrogens with one attached hydrogen (secondary N) is 1. The lowest BCUT2D eigenvalue weighted by molar-refractivity contribution is 0.508. The third kappa shape index (κ3) is 3.43. The Kier molecular flexibility index (Phi) is 4.16. The molecule has 0 unspecified atom stereocenters.